The van der Waals surface area contributed by atoms with Gasteiger partial charge in [0, 0.05) is 24.2 Å². The number of rotatable bonds is 5. The molecule has 1 aromatic rings. The van der Waals surface area contributed by atoms with Crippen LogP contribution in [0.5, 0.6) is 0 Å². The molecule has 7 heteroatoms. The van der Waals surface area contributed by atoms with Crippen LogP contribution in [0.4, 0.5) is 11.4 Å². The molecule has 1 saturated carbocycles. The molecule has 1 unspecified atom stereocenters. The summed E-state index contributed by atoms with van der Waals surface area (Å²) < 4.78 is 0. The highest BCUT2D eigenvalue weighted by Gasteiger charge is 2.29. The maximum atomic E-state index is 11.7. The zero-order valence-electron chi connectivity index (χ0n) is 10.1. The van der Waals surface area contributed by atoms with Crippen molar-refractivity contribution in [2.45, 2.75) is 25.3 Å². The molecule has 1 atom stereocenters. The third kappa shape index (κ3) is 3.65. The van der Waals surface area contributed by atoms with Crippen LogP contribution in [0.3, 0.4) is 0 Å². The second-order valence-electron chi connectivity index (χ2n) is 4.68. The summed E-state index contributed by atoms with van der Waals surface area (Å²) >= 11 is 5.76. The largest absolute Gasteiger partial charge is 0.327 e. The van der Waals surface area contributed by atoms with E-state index in [1.54, 1.807) is 0 Å². The molecule has 0 spiro atoms. The van der Waals surface area contributed by atoms with E-state index in [2.05, 4.69) is 5.32 Å². The molecule has 19 heavy (non-hydrogen) atoms. The van der Waals surface area contributed by atoms with Crippen LogP contribution in [0.15, 0.2) is 18.2 Å². The Bertz CT molecular complexity index is 517. The standard InChI is InChI=1S/C12H14ClN3O3/c13-9-5-8(3-4-11(9)16(18)19)15-12(17)6-10(14)7-1-2-7/h3-5,7,10H,1-2,6,14H2,(H,15,17). The number of benzene rings is 1. The van der Waals surface area contributed by atoms with Gasteiger partial charge in [-0.2, -0.15) is 0 Å². The molecule has 0 bridgehead atoms. The van der Waals surface area contributed by atoms with E-state index >= 15 is 0 Å². The van der Waals surface area contributed by atoms with Crippen molar-refractivity contribution < 1.29 is 9.72 Å². The number of halogens is 1. The first-order chi connectivity index (χ1) is 8.97. The van der Waals surface area contributed by atoms with Crippen molar-refractivity contribution in [3.63, 3.8) is 0 Å². The van der Waals surface area contributed by atoms with E-state index < -0.39 is 4.92 Å². The molecule has 0 radical (unpaired) electrons. The lowest BCUT2D eigenvalue weighted by atomic mass is 10.1. The van der Waals surface area contributed by atoms with Crippen molar-refractivity contribution >= 4 is 28.9 Å². The summed E-state index contributed by atoms with van der Waals surface area (Å²) in [5.74, 6) is 0.246. The highest BCUT2D eigenvalue weighted by molar-refractivity contribution is 6.33. The van der Waals surface area contributed by atoms with Crippen molar-refractivity contribution in [3.8, 4) is 0 Å². The molecule has 102 valence electrons. The van der Waals surface area contributed by atoms with Crippen LogP contribution in [0, 0.1) is 16.0 Å². The van der Waals surface area contributed by atoms with E-state index in [0.29, 0.717) is 11.6 Å². The smallest absolute Gasteiger partial charge is 0.288 e. The van der Waals surface area contributed by atoms with E-state index in [9.17, 15) is 14.9 Å². The number of nitro groups is 1. The molecule has 0 heterocycles. The summed E-state index contributed by atoms with van der Waals surface area (Å²) in [6.07, 6.45) is 2.41. The van der Waals surface area contributed by atoms with Crippen molar-refractivity contribution in [1.29, 1.82) is 0 Å². The van der Waals surface area contributed by atoms with Crippen LogP contribution < -0.4 is 11.1 Å². The van der Waals surface area contributed by atoms with Gasteiger partial charge in [-0.15, -0.1) is 0 Å². The monoisotopic (exact) mass is 283 g/mol. The number of anilines is 1. The summed E-state index contributed by atoms with van der Waals surface area (Å²) in [6, 6.07) is 3.96. The van der Waals surface area contributed by atoms with Gasteiger partial charge < -0.3 is 11.1 Å². The number of carbonyl (C=O) groups excluding carboxylic acids is 1. The van der Waals surface area contributed by atoms with Crippen molar-refractivity contribution in [1.82, 2.24) is 0 Å². The number of nitrogens with zero attached hydrogens (tertiary/aromatic N) is 1. The molecule has 6 nitrogen and oxygen atoms in total. The number of hydrogen-bond acceptors (Lipinski definition) is 4. The third-order valence-electron chi connectivity index (χ3n) is 3.08. The molecular formula is C12H14ClN3O3. The molecule has 3 N–H and O–H groups in total. The van der Waals surface area contributed by atoms with E-state index in [4.69, 9.17) is 17.3 Å². The highest BCUT2D eigenvalue weighted by Crippen LogP contribution is 2.33. The van der Waals surface area contributed by atoms with E-state index in [0.717, 1.165) is 12.8 Å². The molecule has 0 saturated heterocycles. The van der Waals surface area contributed by atoms with E-state index in [1.807, 2.05) is 0 Å². The Morgan fingerprint density at radius 1 is 1.58 bits per heavy atom. The summed E-state index contributed by atoms with van der Waals surface area (Å²) in [5, 5.41) is 13.2. The molecule has 1 fully saturated rings. The summed E-state index contributed by atoms with van der Waals surface area (Å²) in [5.41, 5.74) is 6.10. The fraction of sp³-hybridized carbons (Fsp3) is 0.417. The number of carbonyl (C=O) groups is 1. The summed E-state index contributed by atoms with van der Waals surface area (Å²) in [7, 11) is 0. The lowest BCUT2D eigenvalue weighted by Gasteiger charge is -2.10. The Balaban J connectivity index is 1.96. The van der Waals surface area contributed by atoms with Crippen molar-refractivity contribution in [2.24, 2.45) is 11.7 Å². The van der Waals surface area contributed by atoms with Gasteiger partial charge in [-0.3, -0.25) is 14.9 Å². The average molecular weight is 284 g/mol. The first-order valence-electron chi connectivity index (χ1n) is 5.96. The van der Waals surface area contributed by atoms with Crippen LogP contribution in [0.25, 0.3) is 0 Å². The number of nitro benzene ring substituents is 1. The minimum atomic E-state index is -0.572. The minimum absolute atomic E-state index is 0.00529. The fourth-order valence-corrected chi connectivity index (χ4v) is 2.10. The topological polar surface area (TPSA) is 98.3 Å². The Labute approximate surface area is 115 Å². The van der Waals surface area contributed by atoms with Gasteiger partial charge in [-0.05, 0) is 30.9 Å². The predicted octanol–water partition coefficient (Wildman–Crippen LogP) is 2.31. The quantitative estimate of drug-likeness (QED) is 0.640. The van der Waals surface area contributed by atoms with Gasteiger partial charge >= 0.3 is 0 Å². The van der Waals surface area contributed by atoms with Crippen LogP contribution in [0.1, 0.15) is 19.3 Å². The van der Waals surface area contributed by atoms with Crippen molar-refractivity contribution in [3.05, 3.63) is 33.3 Å². The minimum Gasteiger partial charge on any atom is -0.327 e. The molecule has 1 amide bonds. The zero-order chi connectivity index (χ0) is 14.0. The average Bonchev–Trinajstić information content (AvgIpc) is 3.11. The van der Waals surface area contributed by atoms with Crippen LogP contribution in [-0.2, 0) is 4.79 Å². The SMILES string of the molecule is NC(CC(=O)Nc1ccc([N+](=O)[O-])c(Cl)c1)C1CC1. The lowest BCUT2D eigenvalue weighted by Crippen LogP contribution is -2.28. The molecule has 1 aliphatic rings. The van der Waals surface area contributed by atoms with Gasteiger partial charge in [0.05, 0.1) is 4.92 Å². The van der Waals surface area contributed by atoms with E-state index in [-0.39, 0.29) is 29.1 Å². The van der Waals surface area contributed by atoms with Gasteiger partial charge in [0.2, 0.25) is 5.91 Å². The molecule has 2 rings (SSSR count). The van der Waals surface area contributed by atoms with Gasteiger partial charge in [0.1, 0.15) is 5.02 Å². The van der Waals surface area contributed by atoms with Crippen LogP contribution >= 0.6 is 11.6 Å². The molecule has 1 aromatic carbocycles. The molecular weight excluding hydrogens is 270 g/mol. The predicted molar refractivity (Wildman–Crippen MR) is 72.1 cm³/mol. The second kappa shape index (κ2) is 5.54. The van der Waals surface area contributed by atoms with Gasteiger partial charge in [0.15, 0.2) is 0 Å². The Morgan fingerprint density at radius 2 is 2.26 bits per heavy atom. The number of nitrogens with one attached hydrogen (secondary N) is 1. The van der Waals surface area contributed by atoms with Crippen molar-refractivity contribution in [2.75, 3.05) is 5.32 Å². The number of hydrogen-bond donors (Lipinski definition) is 2. The number of amides is 1. The Hall–Kier alpha value is -1.66. The zero-order valence-corrected chi connectivity index (χ0v) is 10.9. The van der Waals surface area contributed by atoms with Gasteiger partial charge in [0.25, 0.3) is 5.69 Å². The highest BCUT2D eigenvalue weighted by atomic mass is 35.5. The van der Waals surface area contributed by atoms with E-state index in [1.165, 1.54) is 18.2 Å². The summed E-state index contributed by atoms with van der Waals surface area (Å²) in [6.45, 7) is 0. The number of nitrogens with two attached hydrogens (primary N) is 1. The molecule has 0 aromatic heterocycles. The fourth-order valence-electron chi connectivity index (χ4n) is 1.85. The molecule has 0 aliphatic heterocycles. The Kier molecular flexibility index (Phi) is 4.01. The maximum absolute atomic E-state index is 11.7. The normalized spacial score (nSPS) is 15.9. The lowest BCUT2D eigenvalue weighted by molar-refractivity contribution is -0.384. The second-order valence-corrected chi connectivity index (χ2v) is 5.08. The summed E-state index contributed by atoms with van der Waals surface area (Å²) in [4.78, 5) is 21.7. The Morgan fingerprint density at radius 3 is 2.79 bits per heavy atom. The van der Waals surface area contributed by atoms with Gasteiger partial charge in [-0.1, -0.05) is 11.6 Å². The first kappa shape index (κ1) is 13.8. The molecule has 1 aliphatic carbocycles. The maximum Gasteiger partial charge on any atom is 0.288 e. The van der Waals surface area contributed by atoms with Crippen LogP contribution in [-0.4, -0.2) is 16.9 Å². The third-order valence-corrected chi connectivity index (χ3v) is 3.38. The van der Waals surface area contributed by atoms with Gasteiger partial charge in [-0.25, -0.2) is 0 Å². The van der Waals surface area contributed by atoms with Crippen LogP contribution in [0.2, 0.25) is 5.02 Å². The first-order valence-corrected chi connectivity index (χ1v) is 6.34.